The third-order valence-corrected chi connectivity index (χ3v) is 3.69. The molecule has 0 amide bonds. The minimum atomic E-state index is 0.658. The summed E-state index contributed by atoms with van der Waals surface area (Å²) in [6, 6.07) is 0.658. The van der Waals surface area contributed by atoms with Crippen molar-refractivity contribution in [3.8, 4) is 0 Å². The first-order valence-electron chi connectivity index (χ1n) is 5.57. The van der Waals surface area contributed by atoms with E-state index < -0.39 is 0 Å². The number of fused-ring (bicyclic) bond motifs is 1. The van der Waals surface area contributed by atoms with Crippen molar-refractivity contribution in [3.05, 3.63) is 24.3 Å². The number of hydrogen-bond acceptors (Lipinski definition) is 3. The molecule has 0 aromatic carbocycles. The van der Waals surface area contributed by atoms with Gasteiger partial charge in [0.2, 0.25) is 0 Å². The smallest absolute Gasteiger partial charge is 0.146 e. The third-order valence-electron chi connectivity index (χ3n) is 3.69. The fourth-order valence-corrected chi connectivity index (χ4v) is 2.64. The maximum Gasteiger partial charge on any atom is 0.146 e. The molecule has 3 rings (SSSR count). The van der Waals surface area contributed by atoms with Crippen molar-refractivity contribution < 1.29 is 0 Å². The second kappa shape index (κ2) is 3.45. The maximum absolute atomic E-state index is 4.06. The monoisotopic (exact) mass is 204 g/mol. The Kier molecular flexibility index (Phi) is 2.09. The summed E-state index contributed by atoms with van der Waals surface area (Å²) in [5.74, 6) is 2.71. The van der Waals surface area contributed by atoms with Crippen molar-refractivity contribution in [3.63, 3.8) is 0 Å². The van der Waals surface area contributed by atoms with Crippen LogP contribution in [0, 0.1) is 11.8 Å². The van der Waals surface area contributed by atoms with Gasteiger partial charge in [0.05, 0.1) is 6.54 Å². The van der Waals surface area contributed by atoms with E-state index in [1.807, 2.05) is 11.6 Å². The fraction of sp³-hybridized carbons (Fsp3) is 0.636. The van der Waals surface area contributed by atoms with Crippen molar-refractivity contribution in [2.24, 2.45) is 18.9 Å². The van der Waals surface area contributed by atoms with Crippen molar-refractivity contribution >= 4 is 0 Å². The van der Waals surface area contributed by atoms with Gasteiger partial charge < -0.3 is 9.88 Å². The molecule has 2 aliphatic rings. The van der Waals surface area contributed by atoms with Crippen LogP contribution in [0.25, 0.3) is 0 Å². The molecular weight excluding hydrogens is 188 g/mol. The molecule has 1 saturated carbocycles. The van der Waals surface area contributed by atoms with Crippen LogP contribution in [-0.4, -0.2) is 20.8 Å². The van der Waals surface area contributed by atoms with Crippen LogP contribution in [-0.2, 0) is 13.6 Å². The molecule has 1 heterocycles. The second-order valence-corrected chi connectivity index (χ2v) is 4.58. The zero-order valence-electron chi connectivity index (χ0n) is 8.93. The van der Waals surface area contributed by atoms with Gasteiger partial charge in [-0.05, 0) is 24.7 Å². The first kappa shape index (κ1) is 9.09. The minimum Gasteiger partial charge on any atom is -0.320 e. The summed E-state index contributed by atoms with van der Waals surface area (Å²) in [5, 5.41) is 11.5. The van der Waals surface area contributed by atoms with Gasteiger partial charge >= 0.3 is 0 Å². The van der Waals surface area contributed by atoms with Crippen LogP contribution in [0.4, 0.5) is 0 Å². The highest BCUT2D eigenvalue weighted by molar-refractivity contribution is 5.13. The quantitative estimate of drug-likeness (QED) is 0.743. The molecule has 1 N–H and O–H groups in total. The Bertz CT molecular complexity index is 382. The number of allylic oxidation sites excluding steroid dienone is 1. The van der Waals surface area contributed by atoms with Gasteiger partial charge in [0.15, 0.2) is 0 Å². The van der Waals surface area contributed by atoms with Crippen LogP contribution in [0.5, 0.6) is 0 Å². The zero-order valence-corrected chi connectivity index (χ0v) is 8.93. The number of nitrogens with one attached hydrogen (secondary N) is 1. The molecule has 0 radical (unpaired) electrons. The highest BCUT2D eigenvalue weighted by Gasteiger charge is 2.40. The highest BCUT2D eigenvalue weighted by Crippen LogP contribution is 2.42. The van der Waals surface area contributed by atoms with Crippen LogP contribution in [0.3, 0.4) is 0 Å². The highest BCUT2D eigenvalue weighted by atomic mass is 15.3. The predicted octanol–water partition coefficient (Wildman–Crippen LogP) is 0.869. The van der Waals surface area contributed by atoms with Crippen molar-refractivity contribution in [2.45, 2.75) is 25.4 Å². The molecule has 80 valence electrons. The molecule has 3 atom stereocenters. The summed E-state index contributed by atoms with van der Waals surface area (Å²) in [5.41, 5.74) is 0. The Hall–Kier alpha value is -1.16. The Morgan fingerprint density at radius 1 is 1.60 bits per heavy atom. The Morgan fingerprint density at radius 3 is 3.27 bits per heavy atom. The van der Waals surface area contributed by atoms with Crippen LogP contribution < -0.4 is 5.32 Å². The third kappa shape index (κ3) is 1.49. The van der Waals surface area contributed by atoms with E-state index in [1.165, 1.54) is 12.8 Å². The van der Waals surface area contributed by atoms with Gasteiger partial charge in [0.1, 0.15) is 12.2 Å². The summed E-state index contributed by atoms with van der Waals surface area (Å²) in [6.45, 7) is 0.832. The minimum absolute atomic E-state index is 0.658. The zero-order chi connectivity index (χ0) is 10.3. The SMILES string of the molecule is Cn1cnnc1CNC1CC2CC=CC21. The lowest BCUT2D eigenvalue weighted by Gasteiger charge is -2.40. The lowest BCUT2D eigenvalue weighted by molar-refractivity contribution is 0.161. The largest absolute Gasteiger partial charge is 0.320 e. The van der Waals surface area contributed by atoms with E-state index in [0.29, 0.717) is 6.04 Å². The van der Waals surface area contributed by atoms with Gasteiger partial charge in [0.25, 0.3) is 0 Å². The van der Waals surface area contributed by atoms with E-state index >= 15 is 0 Å². The van der Waals surface area contributed by atoms with Crippen LogP contribution in [0.1, 0.15) is 18.7 Å². The lowest BCUT2D eigenvalue weighted by Crippen LogP contribution is -2.47. The predicted molar refractivity (Wildman–Crippen MR) is 57.0 cm³/mol. The van der Waals surface area contributed by atoms with E-state index in [9.17, 15) is 0 Å². The molecule has 15 heavy (non-hydrogen) atoms. The van der Waals surface area contributed by atoms with Crippen LogP contribution in [0.2, 0.25) is 0 Å². The number of rotatable bonds is 3. The van der Waals surface area contributed by atoms with Gasteiger partial charge in [-0.1, -0.05) is 12.2 Å². The molecule has 0 bridgehead atoms. The van der Waals surface area contributed by atoms with Gasteiger partial charge in [-0.2, -0.15) is 0 Å². The lowest BCUT2D eigenvalue weighted by atomic mass is 9.71. The summed E-state index contributed by atoms with van der Waals surface area (Å²) in [4.78, 5) is 0. The molecule has 4 heteroatoms. The normalized spacial score (nSPS) is 32.7. The van der Waals surface area contributed by atoms with Gasteiger partial charge in [-0.25, -0.2) is 0 Å². The average molecular weight is 204 g/mol. The topological polar surface area (TPSA) is 42.7 Å². The molecular formula is C11H16N4. The number of nitrogens with zero attached hydrogens (tertiary/aromatic N) is 3. The van der Waals surface area contributed by atoms with E-state index in [4.69, 9.17) is 0 Å². The van der Waals surface area contributed by atoms with Gasteiger partial charge in [-0.15, -0.1) is 10.2 Å². The van der Waals surface area contributed by atoms with E-state index in [1.54, 1.807) is 6.33 Å². The molecule has 1 fully saturated rings. The molecule has 0 saturated heterocycles. The first-order valence-corrected chi connectivity index (χ1v) is 5.57. The van der Waals surface area contributed by atoms with Crippen molar-refractivity contribution in [2.75, 3.05) is 0 Å². The number of aromatic nitrogens is 3. The molecule has 0 spiro atoms. The Labute approximate surface area is 89.4 Å². The van der Waals surface area contributed by atoms with E-state index in [0.717, 1.165) is 24.2 Å². The van der Waals surface area contributed by atoms with Crippen LogP contribution in [0.15, 0.2) is 18.5 Å². The number of aryl methyl sites for hydroxylation is 1. The summed E-state index contributed by atoms with van der Waals surface area (Å²) in [7, 11) is 1.98. The molecule has 0 aliphatic heterocycles. The molecule has 2 aliphatic carbocycles. The molecule has 1 aromatic rings. The maximum atomic E-state index is 4.06. The van der Waals surface area contributed by atoms with Crippen molar-refractivity contribution in [1.82, 2.24) is 20.1 Å². The van der Waals surface area contributed by atoms with Crippen molar-refractivity contribution in [1.29, 1.82) is 0 Å². The molecule has 3 unspecified atom stereocenters. The summed E-state index contributed by atoms with van der Waals surface area (Å²) >= 11 is 0. The average Bonchev–Trinajstić information content (AvgIpc) is 2.75. The van der Waals surface area contributed by atoms with Gasteiger partial charge in [0, 0.05) is 13.1 Å². The summed E-state index contributed by atoms with van der Waals surface area (Å²) in [6.07, 6.45) is 9.03. The molecule has 4 nitrogen and oxygen atoms in total. The van der Waals surface area contributed by atoms with E-state index in [2.05, 4.69) is 27.7 Å². The standard InChI is InChI=1S/C11H16N4/c1-15-7-13-14-11(15)6-12-10-5-8-3-2-4-9(8)10/h2,4,7-10,12H,3,5-6H2,1H3. The molecule has 1 aromatic heterocycles. The second-order valence-electron chi connectivity index (χ2n) is 4.58. The Balaban J connectivity index is 1.55. The van der Waals surface area contributed by atoms with Crippen LogP contribution >= 0.6 is 0 Å². The fourth-order valence-electron chi connectivity index (χ4n) is 2.64. The van der Waals surface area contributed by atoms with Gasteiger partial charge in [-0.3, -0.25) is 0 Å². The Morgan fingerprint density at radius 2 is 2.53 bits per heavy atom. The summed E-state index contributed by atoms with van der Waals surface area (Å²) < 4.78 is 1.97. The number of hydrogen-bond donors (Lipinski definition) is 1. The first-order chi connectivity index (χ1) is 7.34. The van der Waals surface area contributed by atoms with E-state index in [-0.39, 0.29) is 0 Å².